The Bertz CT molecular complexity index is 1860. The van der Waals surface area contributed by atoms with E-state index in [4.69, 9.17) is 10.1 Å². The molecule has 0 spiro atoms. The average Bonchev–Trinajstić information content (AvgIpc) is 3.71. The number of anilines is 1. The van der Waals surface area contributed by atoms with E-state index in [1.807, 2.05) is 29.2 Å². The molecule has 8 rings (SSSR count). The highest BCUT2D eigenvalue weighted by Crippen LogP contribution is 2.39. The first-order chi connectivity index (χ1) is 23.2. The lowest BCUT2D eigenvalue weighted by molar-refractivity contribution is -0.134. The van der Waals surface area contributed by atoms with Crippen molar-refractivity contribution in [2.75, 3.05) is 31.1 Å². The van der Waals surface area contributed by atoms with Gasteiger partial charge in [-0.25, -0.2) is 4.98 Å². The maximum absolute atomic E-state index is 13.6. The second kappa shape index (κ2) is 12.2. The monoisotopic (exact) mass is 647 g/mol. The van der Waals surface area contributed by atoms with Crippen molar-refractivity contribution in [1.29, 1.82) is 0 Å². The van der Waals surface area contributed by atoms with Crippen LogP contribution in [0.5, 0.6) is 0 Å². The van der Waals surface area contributed by atoms with Crippen LogP contribution in [0.25, 0.3) is 22.3 Å². The maximum Gasteiger partial charge on any atom is 0.253 e. The van der Waals surface area contributed by atoms with Crippen LogP contribution in [0, 0.1) is 17.3 Å². The number of fused-ring (bicyclic) bond motifs is 2. The van der Waals surface area contributed by atoms with Crippen LogP contribution in [0.4, 0.5) is 5.82 Å². The second-order valence-corrected chi connectivity index (χ2v) is 15.3. The number of hydrogen-bond donors (Lipinski definition) is 3. The van der Waals surface area contributed by atoms with Crippen LogP contribution < -0.4 is 10.2 Å². The number of H-pyrrole nitrogens is 2. The predicted molar refractivity (Wildman–Crippen MR) is 185 cm³/mol. The van der Waals surface area contributed by atoms with Gasteiger partial charge in [-0.1, -0.05) is 26.0 Å². The van der Waals surface area contributed by atoms with Crippen molar-refractivity contribution >= 4 is 34.4 Å². The van der Waals surface area contributed by atoms with Crippen LogP contribution in [-0.4, -0.2) is 69.0 Å². The second-order valence-electron chi connectivity index (χ2n) is 15.3. The first-order valence-electron chi connectivity index (χ1n) is 17.7. The molecule has 1 aromatic carbocycles. The lowest BCUT2D eigenvalue weighted by Crippen LogP contribution is -2.43. The number of likely N-dealkylation sites (tertiary alicyclic amines) is 1. The number of nitrogens with zero attached hydrogens (tertiary/aromatic N) is 4. The summed E-state index contributed by atoms with van der Waals surface area (Å²) >= 11 is 0. The summed E-state index contributed by atoms with van der Waals surface area (Å²) in [5, 5.41) is 11.5. The molecule has 3 amide bonds. The molecule has 3 N–H and O–H groups in total. The fourth-order valence-corrected chi connectivity index (χ4v) is 8.62. The molecule has 0 radical (unpaired) electrons. The molecule has 250 valence electrons. The number of piperidine rings is 3. The van der Waals surface area contributed by atoms with Gasteiger partial charge in [0.05, 0.1) is 11.6 Å². The number of aromatic nitrogens is 4. The minimum Gasteiger partial charge on any atom is -0.357 e. The van der Waals surface area contributed by atoms with Crippen molar-refractivity contribution in [3.63, 3.8) is 0 Å². The zero-order valence-electron chi connectivity index (χ0n) is 28.0. The van der Waals surface area contributed by atoms with Gasteiger partial charge in [-0.3, -0.25) is 24.8 Å². The van der Waals surface area contributed by atoms with Crippen LogP contribution >= 0.6 is 0 Å². The van der Waals surface area contributed by atoms with Crippen molar-refractivity contribution in [3.05, 3.63) is 65.0 Å². The molecule has 3 aliphatic heterocycles. The number of pyridine rings is 1. The number of nitrogens with one attached hydrogen (secondary N) is 3. The Morgan fingerprint density at radius 3 is 2.42 bits per heavy atom. The van der Waals surface area contributed by atoms with Crippen LogP contribution in [-0.2, 0) is 22.4 Å². The van der Waals surface area contributed by atoms with E-state index < -0.39 is 0 Å². The van der Waals surface area contributed by atoms with Crippen LogP contribution in [0.15, 0.2) is 42.6 Å². The highest BCUT2D eigenvalue weighted by molar-refractivity contribution is 6.01. The molecule has 0 saturated carbocycles. The molecule has 3 saturated heterocycles. The molecule has 48 heavy (non-hydrogen) atoms. The zero-order chi connectivity index (χ0) is 33.0. The highest BCUT2D eigenvalue weighted by atomic mass is 16.2. The number of rotatable bonds is 5. The normalized spacial score (nSPS) is 22.2. The number of aromatic amines is 2. The molecule has 10 nitrogen and oxygen atoms in total. The maximum atomic E-state index is 13.6. The summed E-state index contributed by atoms with van der Waals surface area (Å²) in [6.07, 6.45) is 10.3. The summed E-state index contributed by atoms with van der Waals surface area (Å²) in [4.78, 5) is 50.0. The zero-order valence-corrected chi connectivity index (χ0v) is 28.0. The van der Waals surface area contributed by atoms with E-state index in [0.29, 0.717) is 30.1 Å². The Labute approximate surface area is 281 Å². The van der Waals surface area contributed by atoms with E-state index in [1.165, 1.54) is 11.3 Å². The molecule has 4 aliphatic rings. The molecule has 1 atom stereocenters. The lowest BCUT2D eigenvalue weighted by Gasteiger charge is -2.40. The first-order valence-corrected chi connectivity index (χ1v) is 17.7. The number of amides is 3. The minimum absolute atomic E-state index is 0.118. The van der Waals surface area contributed by atoms with Crippen molar-refractivity contribution in [1.82, 2.24) is 30.4 Å². The molecule has 10 heteroatoms. The van der Waals surface area contributed by atoms with E-state index in [9.17, 15) is 14.4 Å². The number of carbonyl (C=O) groups is 3. The van der Waals surface area contributed by atoms with E-state index >= 15 is 0 Å². The Morgan fingerprint density at radius 2 is 1.69 bits per heavy atom. The summed E-state index contributed by atoms with van der Waals surface area (Å²) < 4.78 is 0. The van der Waals surface area contributed by atoms with Gasteiger partial charge < -0.3 is 14.8 Å². The van der Waals surface area contributed by atoms with Crippen LogP contribution in [0.3, 0.4) is 0 Å². The standard InChI is InChI=1S/C38H45N7O3/c1-38(2)14-9-29-32(21-38)42-43-35(29)31-19-25-3-4-26(20-30(25)40-31)37(48)45-17-12-24(13-18-45)23-10-15-44(16-11-23)33-7-5-27(22-39-33)28-6-8-34(46)41-36(28)47/h3-5,7,19-20,22-24,28,40H,6,8-18,21H2,1-2H3,(H,42,43)(H,41,46,47). The summed E-state index contributed by atoms with van der Waals surface area (Å²) in [7, 11) is 0. The van der Waals surface area contributed by atoms with E-state index in [1.54, 1.807) is 6.20 Å². The lowest BCUT2D eigenvalue weighted by atomic mass is 9.76. The number of carbonyl (C=O) groups excluding carboxylic acids is 3. The molecule has 1 unspecified atom stereocenters. The predicted octanol–water partition coefficient (Wildman–Crippen LogP) is 5.76. The number of imide groups is 1. The van der Waals surface area contributed by atoms with Gasteiger partial charge in [-0.15, -0.1) is 0 Å². The van der Waals surface area contributed by atoms with E-state index in [2.05, 4.69) is 46.3 Å². The van der Waals surface area contributed by atoms with Crippen molar-refractivity contribution in [2.24, 2.45) is 17.3 Å². The third-order valence-electron chi connectivity index (χ3n) is 11.6. The quantitative estimate of drug-likeness (QED) is 0.237. The van der Waals surface area contributed by atoms with Crippen molar-refractivity contribution < 1.29 is 14.4 Å². The number of hydrogen-bond acceptors (Lipinski definition) is 6. The Kier molecular flexibility index (Phi) is 7.84. The molecule has 3 fully saturated rings. The van der Waals surface area contributed by atoms with Gasteiger partial charge in [-0.2, -0.15) is 5.10 Å². The smallest absolute Gasteiger partial charge is 0.253 e. The molecular formula is C38H45N7O3. The Balaban J connectivity index is 0.847. The van der Waals surface area contributed by atoms with Crippen molar-refractivity contribution in [3.8, 4) is 11.4 Å². The van der Waals surface area contributed by atoms with Crippen LogP contribution in [0.1, 0.15) is 91.9 Å². The fourth-order valence-electron chi connectivity index (χ4n) is 8.62. The third kappa shape index (κ3) is 5.90. The summed E-state index contributed by atoms with van der Waals surface area (Å²) in [6.45, 7) is 8.17. The molecule has 6 heterocycles. The summed E-state index contributed by atoms with van der Waals surface area (Å²) in [5.74, 6) is 1.64. The Hall–Kier alpha value is -4.47. The summed E-state index contributed by atoms with van der Waals surface area (Å²) in [5.41, 5.74) is 7.48. The van der Waals surface area contributed by atoms with Gasteiger partial charge in [0, 0.05) is 66.5 Å². The van der Waals surface area contributed by atoms with Gasteiger partial charge in [-0.05, 0) is 98.4 Å². The average molecular weight is 648 g/mol. The van der Waals surface area contributed by atoms with Crippen LogP contribution in [0.2, 0.25) is 0 Å². The Morgan fingerprint density at radius 1 is 0.917 bits per heavy atom. The van der Waals surface area contributed by atoms with E-state index in [-0.39, 0.29) is 23.6 Å². The van der Waals surface area contributed by atoms with Gasteiger partial charge in [0.1, 0.15) is 11.5 Å². The molecule has 3 aromatic heterocycles. The summed E-state index contributed by atoms with van der Waals surface area (Å²) in [6, 6.07) is 12.2. The van der Waals surface area contributed by atoms with Gasteiger partial charge in [0.2, 0.25) is 11.8 Å². The van der Waals surface area contributed by atoms with Gasteiger partial charge in [0.15, 0.2) is 0 Å². The van der Waals surface area contributed by atoms with Gasteiger partial charge >= 0.3 is 0 Å². The first kappa shape index (κ1) is 30.8. The highest BCUT2D eigenvalue weighted by Gasteiger charge is 2.33. The third-order valence-corrected chi connectivity index (χ3v) is 11.6. The number of benzene rings is 1. The largest absolute Gasteiger partial charge is 0.357 e. The molecular weight excluding hydrogens is 602 g/mol. The molecule has 0 bridgehead atoms. The van der Waals surface area contributed by atoms with Crippen molar-refractivity contribution in [2.45, 2.75) is 77.6 Å². The minimum atomic E-state index is -0.303. The topological polar surface area (TPSA) is 127 Å². The molecule has 4 aromatic rings. The fraction of sp³-hybridized carbons (Fsp3) is 0.500. The van der Waals surface area contributed by atoms with E-state index in [0.717, 1.165) is 110 Å². The van der Waals surface area contributed by atoms with Gasteiger partial charge in [0.25, 0.3) is 5.91 Å². The molecule has 1 aliphatic carbocycles. The SMILES string of the molecule is CC1(C)CCc2c(-c3cc4ccc(C(=O)N5CCC(C6CCN(c7ccc(C8CCC(=O)NC8=O)cn7)CC6)CC5)cc4[nH]3)n[nH]c2C1.